The first-order chi connectivity index (χ1) is 15.6. The molecule has 0 spiro atoms. The van der Waals surface area contributed by atoms with E-state index >= 15 is 0 Å². The fraction of sp³-hybridized carbons (Fsp3) is 0.0370. The summed E-state index contributed by atoms with van der Waals surface area (Å²) in [5.74, 6) is -1.45. The van der Waals surface area contributed by atoms with Crippen molar-refractivity contribution in [3.05, 3.63) is 126 Å². The van der Waals surface area contributed by atoms with Gasteiger partial charge in [-0.3, -0.25) is 4.79 Å². The summed E-state index contributed by atoms with van der Waals surface area (Å²) in [5, 5.41) is 11.1. The number of aromatic carboxylic acids is 1. The van der Waals surface area contributed by atoms with E-state index in [1.165, 1.54) is 18.1 Å². The Morgan fingerprint density at radius 3 is 1.84 bits per heavy atom. The minimum absolute atomic E-state index is 0.0312. The normalized spacial score (nSPS) is 11.8. The number of amides is 1. The molecular formula is C27H20NO3Sn+. The number of para-hydroxylation sites is 1. The molecule has 0 bridgehead atoms. The van der Waals surface area contributed by atoms with Gasteiger partial charge in [-0.05, 0) is 17.7 Å². The number of benzene rings is 4. The van der Waals surface area contributed by atoms with Gasteiger partial charge in [-0.2, -0.15) is 0 Å². The van der Waals surface area contributed by atoms with Crippen LogP contribution in [-0.4, -0.2) is 33.0 Å². The Balaban J connectivity index is 0.000000165. The second kappa shape index (κ2) is 10.3. The van der Waals surface area contributed by atoms with Crippen LogP contribution in [0.25, 0.3) is 0 Å². The number of rotatable bonds is 4. The van der Waals surface area contributed by atoms with Crippen LogP contribution in [0.3, 0.4) is 0 Å². The first-order valence-corrected chi connectivity index (χ1v) is 13.1. The zero-order chi connectivity index (χ0) is 22.3. The van der Waals surface area contributed by atoms with Gasteiger partial charge in [0.1, 0.15) is 0 Å². The molecule has 0 aromatic heterocycles. The maximum absolute atomic E-state index is 12.3. The molecule has 154 valence electrons. The molecule has 4 aromatic carbocycles. The molecule has 0 radical (unpaired) electrons. The summed E-state index contributed by atoms with van der Waals surface area (Å²) in [7, 11) is 0. The molecule has 0 unspecified atom stereocenters. The van der Waals surface area contributed by atoms with Gasteiger partial charge in [-0.25, -0.2) is 0 Å². The topological polar surface area (TPSA) is 60.4 Å². The van der Waals surface area contributed by atoms with E-state index in [1.807, 2.05) is 12.1 Å². The molecule has 5 heteroatoms. The first kappa shape index (κ1) is 21.8. The van der Waals surface area contributed by atoms with Gasteiger partial charge in [-0.1, -0.05) is 36.4 Å². The van der Waals surface area contributed by atoms with E-state index in [-0.39, 0.29) is 11.5 Å². The number of fused-ring (bicyclic) bond motifs is 1. The van der Waals surface area contributed by atoms with Crippen molar-refractivity contribution in [2.45, 2.75) is 6.54 Å². The van der Waals surface area contributed by atoms with E-state index in [1.54, 1.807) is 30.3 Å². The molecule has 0 atom stereocenters. The van der Waals surface area contributed by atoms with E-state index in [2.05, 4.69) is 60.7 Å². The van der Waals surface area contributed by atoms with Gasteiger partial charge in [0.25, 0.3) is 5.91 Å². The number of hydrogen-bond donors (Lipinski definition) is 0. The predicted octanol–water partition coefficient (Wildman–Crippen LogP) is 2.55. The van der Waals surface area contributed by atoms with E-state index in [4.69, 9.17) is 0 Å². The molecule has 1 aliphatic heterocycles. The molecule has 4 aromatic rings. The van der Waals surface area contributed by atoms with Crippen LogP contribution >= 0.6 is 0 Å². The van der Waals surface area contributed by atoms with Crippen molar-refractivity contribution in [1.29, 1.82) is 0 Å². The fourth-order valence-electron chi connectivity index (χ4n) is 3.54. The molecule has 1 aliphatic rings. The van der Waals surface area contributed by atoms with Crippen LogP contribution in [-0.2, 0) is 6.54 Å². The van der Waals surface area contributed by atoms with Crippen molar-refractivity contribution >= 4 is 45.9 Å². The standard InChI is InChI=1S/C15H11NO3.2C6H5.Sn/c17-14-11-6-2-1-5-10(11)9-16(14)13-8-4-3-7-12(13)15(18)19;2*1-2-4-6-5-3-1;/h1-8H,9H2,(H,18,19);2*1-5H;/q;;;+2/p-1. The second-order valence-corrected chi connectivity index (χ2v) is 11.2. The van der Waals surface area contributed by atoms with Crippen LogP contribution in [0.2, 0.25) is 0 Å². The molecule has 32 heavy (non-hydrogen) atoms. The molecule has 0 fully saturated rings. The third kappa shape index (κ3) is 5.08. The van der Waals surface area contributed by atoms with Crippen molar-refractivity contribution in [2.75, 3.05) is 4.90 Å². The average molecular weight is 525 g/mol. The van der Waals surface area contributed by atoms with Gasteiger partial charge < -0.3 is 14.8 Å². The van der Waals surface area contributed by atoms with Crippen LogP contribution in [0.1, 0.15) is 26.3 Å². The summed E-state index contributed by atoms with van der Waals surface area (Å²) < 4.78 is 3.08. The van der Waals surface area contributed by atoms with Crippen LogP contribution in [0, 0.1) is 0 Å². The molecule has 5 rings (SSSR count). The van der Waals surface area contributed by atoms with Crippen molar-refractivity contribution < 1.29 is 14.7 Å². The van der Waals surface area contributed by atoms with Crippen LogP contribution in [0.4, 0.5) is 5.69 Å². The van der Waals surface area contributed by atoms with E-state index < -0.39 is 27.1 Å². The summed E-state index contributed by atoms with van der Waals surface area (Å²) >= 11 is -0.517. The van der Waals surface area contributed by atoms with Gasteiger partial charge >= 0.3 is 89.0 Å². The number of anilines is 1. The molecule has 0 aliphatic carbocycles. The van der Waals surface area contributed by atoms with Gasteiger partial charge in [0.2, 0.25) is 0 Å². The Morgan fingerprint density at radius 2 is 1.25 bits per heavy atom. The molecule has 0 N–H and O–H groups in total. The van der Waals surface area contributed by atoms with Crippen LogP contribution in [0.15, 0.2) is 109 Å². The van der Waals surface area contributed by atoms with Gasteiger partial charge in [0.15, 0.2) is 0 Å². The summed E-state index contributed by atoms with van der Waals surface area (Å²) in [5.41, 5.74) is 1.93. The van der Waals surface area contributed by atoms with Crippen molar-refractivity contribution in [1.82, 2.24) is 0 Å². The quantitative estimate of drug-likeness (QED) is 0.385. The van der Waals surface area contributed by atoms with Crippen molar-refractivity contribution in [3.63, 3.8) is 0 Å². The number of carboxylic acids is 1. The number of carbonyl (C=O) groups excluding carboxylic acids is 2. The molecule has 0 saturated heterocycles. The van der Waals surface area contributed by atoms with Gasteiger partial charge in [0.05, 0.1) is 18.2 Å². The van der Waals surface area contributed by atoms with Gasteiger partial charge in [-0.15, -0.1) is 0 Å². The monoisotopic (exact) mass is 526 g/mol. The Labute approximate surface area is 197 Å². The maximum atomic E-state index is 12.3. The molecule has 1 heterocycles. The third-order valence-electron chi connectivity index (χ3n) is 5.07. The number of hydrogen-bond acceptors (Lipinski definition) is 3. The average Bonchev–Trinajstić information content (AvgIpc) is 3.17. The summed E-state index contributed by atoms with van der Waals surface area (Å²) in [4.78, 5) is 24.9. The zero-order valence-corrected chi connectivity index (χ0v) is 20.1. The zero-order valence-electron chi connectivity index (χ0n) is 17.3. The molecule has 0 saturated carbocycles. The van der Waals surface area contributed by atoms with E-state index in [0.717, 1.165) is 5.56 Å². The summed E-state index contributed by atoms with van der Waals surface area (Å²) in [6.07, 6.45) is 0. The fourth-order valence-corrected chi connectivity index (χ4v) is 6.54. The minimum atomic E-state index is -1.28. The van der Waals surface area contributed by atoms with Crippen molar-refractivity contribution in [3.8, 4) is 0 Å². The first-order valence-electron chi connectivity index (χ1n) is 10.2. The predicted molar refractivity (Wildman–Crippen MR) is 126 cm³/mol. The summed E-state index contributed by atoms with van der Waals surface area (Å²) in [6.45, 7) is 0.388. The molecular weight excluding hydrogens is 505 g/mol. The van der Waals surface area contributed by atoms with Crippen molar-refractivity contribution in [2.24, 2.45) is 0 Å². The molecule has 1 amide bonds. The Bertz CT molecular complexity index is 1190. The third-order valence-corrected chi connectivity index (χ3v) is 8.62. The molecule has 4 nitrogen and oxygen atoms in total. The van der Waals surface area contributed by atoms with Gasteiger partial charge in [0, 0.05) is 11.1 Å². The Kier molecular flexibility index (Phi) is 7.02. The number of carboxylic acid groups (broad SMARTS) is 1. The number of nitrogens with zero attached hydrogens (tertiary/aromatic N) is 1. The summed E-state index contributed by atoms with van der Waals surface area (Å²) in [6, 6.07) is 35.3. The van der Waals surface area contributed by atoms with Crippen LogP contribution < -0.4 is 17.2 Å². The number of carbonyl (C=O) groups is 2. The van der Waals surface area contributed by atoms with E-state index in [0.29, 0.717) is 17.8 Å². The van der Waals surface area contributed by atoms with E-state index in [9.17, 15) is 14.7 Å². The SMILES string of the molecule is O=C([O-])c1ccccc1N1Cc2ccccc2C1=O.c1cc[c]([Sn+2][c]2ccccc2)cc1. The Hall–Kier alpha value is -3.38. The Morgan fingerprint density at radius 1 is 0.719 bits per heavy atom. The second-order valence-electron chi connectivity index (χ2n) is 7.21. The van der Waals surface area contributed by atoms with Crippen LogP contribution in [0.5, 0.6) is 0 Å².